The Morgan fingerprint density at radius 2 is 2.14 bits per heavy atom. The lowest BCUT2D eigenvalue weighted by Crippen LogP contribution is -2.19. The number of aliphatic hydroxyl groups excluding tert-OH is 1. The van der Waals surface area contributed by atoms with Crippen LogP contribution in [0.3, 0.4) is 0 Å². The Labute approximate surface area is 122 Å². The average molecular weight is 288 g/mol. The molecule has 1 heterocycles. The van der Waals surface area contributed by atoms with E-state index in [1.54, 1.807) is 6.07 Å². The fourth-order valence-corrected chi connectivity index (χ4v) is 2.59. The normalized spacial score (nSPS) is 20.5. The molecule has 0 radical (unpaired) electrons. The zero-order chi connectivity index (χ0) is 14.8. The van der Waals surface area contributed by atoms with Gasteiger partial charge in [-0.25, -0.2) is 4.39 Å². The van der Waals surface area contributed by atoms with Crippen molar-refractivity contribution in [1.82, 2.24) is 0 Å². The summed E-state index contributed by atoms with van der Waals surface area (Å²) < 4.78 is 24.7. The van der Waals surface area contributed by atoms with Crippen LogP contribution in [0.15, 0.2) is 42.5 Å². The van der Waals surface area contributed by atoms with E-state index in [9.17, 15) is 9.50 Å². The number of hydrogen-bond acceptors (Lipinski definition) is 3. The van der Waals surface area contributed by atoms with Crippen molar-refractivity contribution in [2.24, 2.45) is 0 Å². The van der Waals surface area contributed by atoms with Gasteiger partial charge in [0.25, 0.3) is 0 Å². The van der Waals surface area contributed by atoms with Crippen LogP contribution in [0.25, 0.3) is 0 Å². The second-order valence-corrected chi connectivity index (χ2v) is 5.05. The second kappa shape index (κ2) is 5.74. The lowest BCUT2D eigenvalue weighted by Gasteiger charge is -2.30. The van der Waals surface area contributed by atoms with Crippen LogP contribution in [0.4, 0.5) is 4.39 Å². The number of ether oxygens (including phenoxy) is 2. The molecule has 0 bridgehead atoms. The fourth-order valence-electron chi connectivity index (χ4n) is 2.59. The number of hydrogen-bond donors (Lipinski definition) is 1. The predicted octanol–water partition coefficient (Wildman–Crippen LogP) is 3.78. The first kappa shape index (κ1) is 13.9. The summed E-state index contributed by atoms with van der Waals surface area (Å²) in [4.78, 5) is 0. The van der Waals surface area contributed by atoms with Crippen molar-refractivity contribution in [1.29, 1.82) is 0 Å². The molecule has 2 aromatic carbocycles. The first-order chi connectivity index (χ1) is 10.2. The summed E-state index contributed by atoms with van der Waals surface area (Å²) in [7, 11) is 0. The molecule has 1 unspecified atom stereocenters. The molecule has 3 nitrogen and oxygen atoms in total. The molecular weight excluding hydrogens is 271 g/mol. The average Bonchev–Trinajstić information content (AvgIpc) is 2.47. The maximum absolute atomic E-state index is 13.3. The quantitative estimate of drug-likeness (QED) is 0.934. The molecule has 1 N–H and O–H groups in total. The number of halogens is 1. The third kappa shape index (κ3) is 2.85. The summed E-state index contributed by atoms with van der Waals surface area (Å²) in [6.45, 7) is 2.51. The van der Waals surface area contributed by atoms with Crippen LogP contribution in [-0.4, -0.2) is 11.7 Å². The van der Waals surface area contributed by atoms with Gasteiger partial charge in [0, 0.05) is 18.1 Å². The smallest absolute Gasteiger partial charge is 0.128 e. The Morgan fingerprint density at radius 3 is 2.95 bits per heavy atom. The molecule has 0 amide bonds. The summed E-state index contributed by atoms with van der Waals surface area (Å²) in [5.41, 5.74) is 1.54. The van der Waals surface area contributed by atoms with Crippen molar-refractivity contribution in [3.63, 3.8) is 0 Å². The lowest BCUT2D eigenvalue weighted by atomic mass is 9.95. The molecule has 0 spiro atoms. The number of benzene rings is 2. The van der Waals surface area contributed by atoms with Gasteiger partial charge in [0.1, 0.15) is 23.4 Å². The Bertz CT molecular complexity index is 642. The van der Waals surface area contributed by atoms with Crippen molar-refractivity contribution < 1.29 is 19.0 Å². The Balaban J connectivity index is 1.89. The van der Waals surface area contributed by atoms with Crippen molar-refractivity contribution in [3.05, 3.63) is 59.4 Å². The van der Waals surface area contributed by atoms with E-state index in [-0.39, 0.29) is 11.9 Å². The van der Waals surface area contributed by atoms with E-state index in [0.29, 0.717) is 24.3 Å². The molecule has 1 aliphatic rings. The van der Waals surface area contributed by atoms with Crippen molar-refractivity contribution >= 4 is 0 Å². The van der Waals surface area contributed by atoms with Gasteiger partial charge in [0.05, 0.1) is 12.7 Å². The summed E-state index contributed by atoms with van der Waals surface area (Å²) in [5, 5.41) is 10.2. The molecule has 0 aliphatic carbocycles. The van der Waals surface area contributed by atoms with E-state index in [2.05, 4.69) is 0 Å². The second-order valence-electron chi connectivity index (χ2n) is 5.05. The highest BCUT2D eigenvalue weighted by atomic mass is 19.1. The van der Waals surface area contributed by atoms with Gasteiger partial charge in [0.15, 0.2) is 0 Å². The topological polar surface area (TPSA) is 38.7 Å². The molecule has 110 valence electrons. The molecule has 0 aromatic heterocycles. The monoisotopic (exact) mass is 288 g/mol. The summed E-state index contributed by atoms with van der Waals surface area (Å²) in [6, 6.07) is 11.8. The van der Waals surface area contributed by atoms with E-state index in [1.807, 2.05) is 31.2 Å². The minimum Gasteiger partial charge on any atom is -0.494 e. The molecule has 4 heteroatoms. The van der Waals surface area contributed by atoms with Crippen LogP contribution >= 0.6 is 0 Å². The van der Waals surface area contributed by atoms with Gasteiger partial charge in [-0.3, -0.25) is 0 Å². The molecule has 21 heavy (non-hydrogen) atoms. The first-order valence-electron chi connectivity index (χ1n) is 7.04. The van der Waals surface area contributed by atoms with Crippen molar-refractivity contribution in [3.8, 4) is 11.5 Å². The van der Waals surface area contributed by atoms with E-state index < -0.39 is 6.10 Å². The highest BCUT2D eigenvalue weighted by Gasteiger charge is 2.28. The Morgan fingerprint density at radius 1 is 1.29 bits per heavy atom. The number of fused-ring (bicyclic) bond motifs is 1. The zero-order valence-corrected chi connectivity index (χ0v) is 11.8. The van der Waals surface area contributed by atoms with Crippen LogP contribution in [0.2, 0.25) is 0 Å². The van der Waals surface area contributed by atoms with Crippen LogP contribution in [0, 0.1) is 5.82 Å². The zero-order valence-electron chi connectivity index (χ0n) is 11.8. The molecule has 2 aromatic rings. The van der Waals surface area contributed by atoms with Gasteiger partial charge in [0.2, 0.25) is 0 Å². The van der Waals surface area contributed by atoms with Gasteiger partial charge in [-0.15, -0.1) is 0 Å². The van der Waals surface area contributed by atoms with Crippen LogP contribution in [0.1, 0.15) is 36.7 Å². The van der Waals surface area contributed by atoms with Crippen molar-refractivity contribution in [2.75, 3.05) is 6.61 Å². The van der Waals surface area contributed by atoms with Gasteiger partial charge in [-0.05, 0) is 36.8 Å². The summed E-state index contributed by atoms with van der Waals surface area (Å²) >= 11 is 0. The third-order valence-corrected chi connectivity index (χ3v) is 3.58. The van der Waals surface area contributed by atoms with Gasteiger partial charge in [-0.2, -0.15) is 0 Å². The maximum Gasteiger partial charge on any atom is 0.128 e. The molecule has 0 saturated heterocycles. The highest BCUT2D eigenvalue weighted by Crippen LogP contribution is 2.41. The fraction of sp³-hybridized carbons (Fsp3) is 0.294. The maximum atomic E-state index is 13.3. The number of aliphatic hydroxyl groups is 1. The van der Waals surface area contributed by atoms with E-state index in [0.717, 1.165) is 11.3 Å². The van der Waals surface area contributed by atoms with Crippen molar-refractivity contribution in [2.45, 2.75) is 25.6 Å². The minimum atomic E-state index is -0.657. The minimum absolute atomic E-state index is 0.310. The Hall–Kier alpha value is -2.07. The van der Waals surface area contributed by atoms with Crippen LogP contribution in [0.5, 0.6) is 11.5 Å². The molecule has 1 aliphatic heterocycles. The van der Waals surface area contributed by atoms with E-state index >= 15 is 0 Å². The van der Waals surface area contributed by atoms with Gasteiger partial charge < -0.3 is 14.6 Å². The van der Waals surface area contributed by atoms with E-state index in [1.165, 1.54) is 12.1 Å². The first-order valence-corrected chi connectivity index (χ1v) is 7.04. The van der Waals surface area contributed by atoms with Gasteiger partial charge in [-0.1, -0.05) is 12.1 Å². The van der Waals surface area contributed by atoms with Crippen LogP contribution in [-0.2, 0) is 0 Å². The molecular formula is C17H17FO3. The summed E-state index contributed by atoms with van der Waals surface area (Å²) in [6.07, 6.45) is -0.529. The summed E-state index contributed by atoms with van der Waals surface area (Å²) in [5.74, 6) is 0.795. The lowest BCUT2D eigenvalue weighted by molar-refractivity contribution is 0.0652. The number of rotatable bonds is 3. The largest absolute Gasteiger partial charge is 0.494 e. The van der Waals surface area contributed by atoms with E-state index in [4.69, 9.17) is 9.47 Å². The predicted molar refractivity (Wildman–Crippen MR) is 77.0 cm³/mol. The third-order valence-electron chi connectivity index (χ3n) is 3.58. The highest BCUT2D eigenvalue weighted by molar-refractivity contribution is 5.40. The van der Waals surface area contributed by atoms with Gasteiger partial charge >= 0.3 is 0 Å². The standard InChI is InChI=1S/C17H17FO3/c1-2-20-13-5-3-4-11(8-13)16-10-15(19)14-7-6-12(18)9-17(14)21-16/h3-9,15-16,19H,2,10H2,1H3/t15-,16?/m0/s1. The molecule has 2 atom stereocenters. The SMILES string of the molecule is CCOc1cccc(C2C[C@H](O)c3ccc(F)cc3O2)c1. The molecule has 3 rings (SSSR count). The Kier molecular flexibility index (Phi) is 3.80. The molecule has 0 fully saturated rings. The van der Waals surface area contributed by atoms with Crippen LogP contribution < -0.4 is 9.47 Å². The molecule has 0 saturated carbocycles.